The normalized spacial score (nSPS) is 10.3. The monoisotopic (exact) mass is 344 g/mol. The van der Waals surface area contributed by atoms with E-state index in [1.54, 1.807) is 0 Å². The van der Waals surface area contributed by atoms with Crippen molar-refractivity contribution in [2.45, 2.75) is 33.4 Å². The Morgan fingerprint density at radius 3 is 2.67 bits per heavy atom. The molecule has 0 radical (unpaired) electrons. The molecule has 5 heteroatoms. The number of thiocarbonyl (C=S) groups is 1. The summed E-state index contributed by atoms with van der Waals surface area (Å²) in [5.41, 5.74) is 1.96. The number of benzene rings is 2. The second-order valence-electron chi connectivity index (χ2n) is 5.54. The fourth-order valence-corrected chi connectivity index (χ4v) is 2.41. The van der Waals surface area contributed by atoms with E-state index in [2.05, 4.69) is 10.6 Å². The van der Waals surface area contributed by atoms with Gasteiger partial charge >= 0.3 is 0 Å². The molecular weight excluding hydrogens is 320 g/mol. The molecule has 0 saturated carbocycles. The SMILES string of the molecule is CCOc1ccccc1CNC(=S)Nc1cccc(OC(C)C)c1. The zero-order valence-electron chi connectivity index (χ0n) is 14.3. The van der Waals surface area contributed by atoms with Gasteiger partial charge in [-0.1, -0.05) is 24.3 Å². The van der Waals surface area contributed by atoms with Crippen LogP contribution in [0.4, 0.5) is 5.69 Å². The first-order chi connectivity index (χ1) is 11.6. The smallest absolute Gasteiger partial charge is 0.171 e. The zero-order chi connectivity index (χ0) is 17.4. The Balaban J connectivity index is 1.92. The van der Waals surface area contributed by atoms with Crippen molar-refractivity contribution in [3.05, 3.63) is 54.1 Å². The van der Waals surface area contributed by atoms with Gasteiger partial charge in [-0.05, 0) is 51.2 Å². The predicted molar refractivity (Wildman–Crippen MR) is 103 cm³/mol. The maximum Gasteiger partial charge on any atom is 0.171 e. The molecule has 0 aliphatic heterocycles. The highest BCUT2D eigenvalue weighted by Gasteiger charge is 2.05. The van der Waals surface area contributed by atoms with E-state index >= 15 is 0 Å². The highest BCUT2D eigenvalue weighted by atomic mass is 32.1. The summed E-state index contributed by atoms with van der Waals surface area (Å²) in [5, 5.41) is 6.94. The molecule has 0 bridgehead atoms. The van der Waals surface area contributed by atoms with Crippen LogP contribution in [0.3, 0.4) is 0 Å². The molecule has 0 fully saturated rings. The van der Waals surface area contributed by atoms with Crippen molar-refractivity contribution in [2.24, 2.45) is 0 Å². The largest absolute Gasteiger partial charge is 0.494 e. The van der Waals surface area contributed by atoms with Gasteiger partial charge in [-0.2, -0.15) is 0 Å². The topological polar surface area (TPSA) is 42.5 Å². The minimum absolute atomic E-state index is 0.139. The van der Waals surface area contributed by atoms with Crippen molar-refractivity contribution in [1.82, 2.24) is 5.32 Å². The minimum Gasteiger partial charge on any atom is -0.494 e. The summed E-state index contributed by atoms with van der Waals surface area (Å²) in [6.07, 6.45) is 0.139. The minimum atomic E-state index is 0.139. The van der Waals surface area contributed by atoms with Crippen molar-refractivity contribution in [3.63, 3.8) is 0 Å². The van der Waals surface area contributed by atoms with Gasteiger partial charge in [0.05, 0.1) is 12.7 Å². The van der Waals surface area contributed by atoms with Gasteiger partial charge in [-0.3, -0.25) is 0 Å². The molecule has 0 saturated heterocycles. The molecular formula is C19H24N2O2S. The standard InChI is InChI=1S/C19H24N2O2S/c1-4-22-18-11-6-5-8-15(18)13-20-19(24)21-16-9-7-10-17(12-16)23-14(2)3/h5-12,14H,4,13H2,1-3H3,(H2,20,21,24). The van der Waals surface area contributed by atoms with Crippen LogP contribution in [0.1, 0.15) is 26.3 Å². The summed E-state index contributed by atoms with van der Waals surface area (Å²) >= 11 is 5.37. The van der Waals surface area contributed by atoms with Gasteiger partial charge < -0.3 is 20.1 Å². The van der Waals surface area contributed by atoms with E-state index in [0.29, 0.717) is 18.3 Å². The highest BCUT2D eigenvalue weighted by Crippen LogP contribution is 2.19. The molecule has 0 aliphatic rings. The van der Waals surface area contributed by atoms with Crippen LogP contribution in [-0.2, 0) is 6.54 Å². The summed E-state index contributed by atoms with van der Waals surface area (Å²) in [6.45, 7) is 7.22. The summed E-state index contributed by atoms with van der Waals surface area (Å²) in [5.74, 6) is 1.70. The number of hydrogen-bond donors (Lipinski definition) is 2. The average Bonchev–Trinajstić information content (AvgIpc) is 2.54. The van der Waals surface area contributed by atoms with Crippen molar-refractivity contribution in [3.8, 4) is 11.5 Å². The third-order valence-electron chi connectivity index (χ3n) is 3.18. The van der Waals surface area contributed by atoms with Crippen LogP contribution in [0.2, 0.25) is 0 Å². The Morgan fingerprint density at radius 1 is 1.12 bits per heavy atom. The third kappa shape index (κ3) is 5.74. The highest BCUT2D eigenvalue weighted by molar-refractivity contribution is 7.80. The molecule has 4 nitrogen and oxygen atoms in total. The van der Waals surface area contributed by atoms with E-state index in [-0.39, 0.29) is 6.10 Å². The maximum absolute atomic E-state index is 5.69. The van der Waals surface area contributed by atoms with Gasteiger partial charge in [0.25, 0.3) is 0 Å². The van der Waals surface area contributed by atoms with Crippen molar-refractivity contribution >= 4 is 23.0 Å². The molecule has 0 aromatic heterocycles. The maximum atomic E-state index is 5.69. The molecule has 0 atom stereocenters. The summed E-state index contributed by atoms with van der Waals surface area (Å²) < 4.78 is 11.3. The summed E-state index contributed by atoms with van der Waals surface area (Å²) in [4.78, 5) is 0. The van der Waals surface area contributed by atoms with E-state index in [4.69, 9.17) is 21.7 Å². The van der Waals surface area contributed by atoms with Gasteiger partial charge in [-0.25, -0.2) is 0 Å². The van der Waals surface area contributed by atoms with Crippen LogP contribution in [0.25, 0.3) is 0 Å². The molecule has 128 valence electrons. The Morgan fingerprint density at radius 2 is 1.92 bits per heavy atom. The molecule has 0 heterocycles. The van der Waals surface area contributed by atoms with Gasteiger partial charge in [0, 0.05) is 23.9 Å². The van der Waals surface area contributed by atoms with Gasteiger partial charge in [0.15, 0.2) is 5.11 Å². The van der Waals surface area contributed by atoms with Crippen molar-refractivity contribution in [2.75, 3.05) is 11.9 Å². The molecule has 0 unspecified atom stereocenters. The lowest BCUT2D eigenvalue weighted by molar-refractivity contribution is 0.242. The molecule has 24 heavy (non-hydrogen) atoms. The van der Waals surface area contributed by atoms with Gasteiger partial charge in [0.2, 0.25) is 0 Å². The molecule has 2 rings (SSSR count). The van der Waals surface area contributed by atoms with Crippen LogP contribution in [0.15, 0.2) is 48.5 Å². The number of ether oxygens (including phenoxy) is 2. The first-order valence-corrected chi connectivity index (χ1v) is 8.51. The number of hydrogen-bond acceptors (Lipinski definition) is 3. The second-order valence-corrected chi connectivity index (χ2v) is 5.95. The Hall–Kier alpha value is -2.27. The lowest BCUT2D eigenvalue weighted by Gasteiger charge is -2.14. The Kier molecular flexibility index (Phi) is 6.88. The predicted octanol–water partition coefficient (Wildman–Crippen LogP) is 4.36. The second kappa shape index (κ2) is 9.13. The average molecular weight is 344 g/mol. The first kappa shape index (κ1) is 18.1. The molecule has 2 aromatic carbocycles. The molecule has 0 spiro atoms. The van der Waals surface area contributed by atoms with Crippen molar-refractivity contribution in [1.29, 1.82) is 0 Å². The molecule has 0 amide bonds. The van der Waals surface area contributed by atoms with Crippen LogP contribution in [0.5, 0.6) is 11.5 Å². The lowest BCUT2D eigenvalue weighted by atomic mass is 10.2. The third-order valence-corrected chi connectivity index (χ3v) is 3.42. The number of anilines is 1. The molecule has 2 N–H and O–H groups in total. The summed E-state index contributed by atoms with van der Waals surface area (Å²) in [6, 6.07) is 15.7. The number of nitrogens with one attached hydrogen (secondary N) is 2. The molecule has 2 aromatic rings. The van der Waals surface area contributed by atoms with Gasteiger partial charge in [0.1, 0.15) is 11.5 Å². The Bertz CT molecular complexity index is 674. The van der Waals surface area contributed by atoms with E-state index in [0.717, 1.165) is 22.7 Å². The van der Waals surface area contributed by atoms with Gasteiger partial charge in [-0.15, -0.1) is 0 Å². The van der Waals surface area contributed by atoms with E-state index in [9.17, 15) is 0 Å². The quantitative estimate of drug-likeness (QED) is 0.731. The van der Waals surface area contributed by atoms with Crippen LogP contribution in [0, 0.1) is 0 Å². The van der Waals surface area contributed by atoms with Crippen LogP contribution < -0.4 is 20.1 Å². The van der Waals surface area contributed by atoms with Crippen molar-refractivity contribution < 1.29 is 9.47 Å². The fourth-order valence-electron chi connectivity index (χ4n) is 2.22. The molecule has 0 aliphatic carbocycles. The first-order valence-electron chi connectivity index (χ1n) is 8.10. The lowest BCUT2D eigenvalue weighted by Crippen LogP contribution is -2.28. The number of rotatable bonds is 7. The van der Waals surface area contributed by atoms with Crippen LogP contribution >= 0.6 is 12.2 Å². The van der Waals surface area contributed by atoms with E-state index in [1.165, 1.54) is 0 Å². The zero-order valence-corrected chi connectivity index (χ0v) is 15.2. The summed E-state index contributed by atoms with van der Waals surface area (Å²) in [7, 11) is 0. The van der Waals surface area contributed by atoms with E-state index in [1.807, 2.05) is 69.3 Å². The Labute approximate surface area is 149 Å². The van der Waals surface area contributed by atoms with Crippen LogP contribution in [-0.4, -0.2) is 17.8 Å². The number of para-hydroxylation sites is 1. The fraction of sp³-hybridized carbons (Fsp3) is 0.316. The van der Waals surface area contributed by atoms with E-state index < -0.39 is 0 Å².